The number of aromatic nitrogens is 1. The van der Waals surface area contributed by atoms with Crippen molar-refractivity contribution in [1.29, 1.82) is 0 Å². The maximum absolute atomic E-state index is 12.6. The van der Waals surface area contributed by atoms with Crippen LogP contribution in [0.25, 0.3) is 0 Å². The van der Waals surface area contributed by atoms with Gasteiger partial charge in [0.25, 0.3) is 5.91 Å². The van der Waals surface area contributed by atoms with Crippen molar-refractivity contribution in [3.63, 3.8) is 0 Å². The molecule has 5 saturated carbocycles. The zero-order chi connectivity index (χ0) is 14.9. The molecule has 0 spiro atoms. The van der Waals surface area contributed by atoms with Gasteiger partial charge in [-0.1, -0.05) is 5.16 Å². The molecule has 5 fully saturated rings. The van der Waals surface area contributed by atoms with Crippen molar-refractivity contribution in [2.45, 2.75) is 68.4 Å². The zero-order valence-electron chi connectivity index (χ0n) is 12.8. The molecule has 1 aromatic rings. The molecule has 5 aliphatic rings. The number of carbonyl (C=O) groups is 1. The Labute approximate surface area is 130 Å². The highest BCUT2D eigenvalue weighted by Gasteiger charge is 2.56. The summed E-state index contributed by atoms with van der Waals surface area (Å²) in [6.45, 7) is 0. The number of nitrogens with two attached hydrogens (primary N) is 1. The van der Waals surface area contributed by atoms with Crippen molar-refractivity contribution in [2.75, 3.05) is 0 Å². The van der Waals surface area contributed by atoms with E-state index in [1.807, 2.05) is 6.07 Å². The molecule has 1 heterocycles. The minimum Gasteiger partial charge on any atom is -0.360 e. The van der Waals surface area contributed by atoms with Gasteiger partial charge in [0.1, 0.15) is 5.76 Å². The lowest BCUT2D eigenvalue weighted by Gasteiger charge is -2.61. The standard InChI is InChI=1S/C17H23N3O2/c18-16-5-10-3-11(6-16)8-17(7-10,9-16)19-15(21)13-4-14(22-20-13)12-1-2-12/h4,10-12H,1-3,5-9,18H2,(H,19,21). The fourth-order valence-electron chi connectivity index (χ4n) is 5.74. The van der Waals surface area contributed by atoms with Gasteiger partial charge >= 0.3 is 0 Å². The van der Waals surface area contributed by atoms with E-state index in [1.165, 1.54) is 6.42 Å². The molecule has 22 heavy (non-hydrogen) atoms. The Morgan fingerprint density at radius 2 is 2.00 bits per heavy atom. The van der Waals surface area contributed by atoms with Crippen molar-refractivity contribution in [2.24, 2.45) is 17.6 Å². The summed E-state index contributed by atoms with van der Waals surface area (Å²) in [6.07, 6.45) is 8.97. The summed E-state index contributed by atoms with van der Waals surface area (Å²) in [5.74, 6) is 2.64. The molecule has 2 atom stereocenters. The van der Waals surface area contributed by atoms with E-state index < -0.39 is 0 Å². The summed E-state index contributed by atoms with van der Waals surface area (Å²) < 4.78 is 5.31. The molecule has 0 radical (unpaired) electrons. The topological polar surface area (TPSA) is 81.1 Å². The van der Waals surface area contributed by atoms with Crippen LogP contribution in [0.2, 0.25) is 0 Å². The van der Waals surface area contributed by atoms with Gasteiger partial charge in [-0.05, 0) is 63.2 Å². The predicted octanol–water partition coefficient (Wildman–Crippen LogP) is 2.33. The van der Waals surface area contributed by atoms with E-state index >= 15 is 0 Å². The van der Waals surface area contributed by atoms with Gasteiger partial charge in [0.05, 0.1) is 0 Å². The Morgan fingerprint density at radius 1 is 1.27 bits per heavy atom. The van der Waals surface area contributed by atoms with Crippen LogP contribution in [0.4, 0.5) is 0 Å². The molecule has 5 aliphatic carbocycles. The number of carbonyl (C=O) groups excluding carboxylic acids is 1. The minimum atomic E-state index is -0.103. The van der Waals surface area contributed by atoms with Crippen molar-refractivity contribution in [1.82, 2.24) is 10.5 Å². The molecule has 0 aromatic carbocycles. The van der Waals surface area contributed by atoms with Crippen LogP contribution in [0, 0.1) is 11.8 Å². The highest BCUT2D eigenvalue weighted by atomic mass is 16.5. The average Bonchev–Trinajstić information content (AvgIpc) is 3.12. The monoisotopic (exact) mass is 301 g/mol. The third-order valence-electron chi connectivity index (χ3n) is 6.23. The first-order valence-electron chi connectivity index (χ1n) is 8.61. The van der Waals surface area contributed by atoms with Gasteiger partial charge in [0.15, 0.2) is 5.69 Å². The minimum absolute atomic E-state index is 0.0552. The summed E-state index contributed by atoms with van der Waals surface area (Å²) in [5.41, 5.74) is 6.86. The lowest BCUT2D eigenvalue weighted by Crippen LogP contribution is -2.68. The van der Waals surface area contributed by atoms with Gasteiger partial charge in [-0.25, -0.2) is 0 Å². The highest BCUT2D eigenvalue weighted by Crippen LogP contribution is 2.56. The molecule has 3 N–H and O–H groups in total. The second kappa shape index (κ2) is 4.13. The second-order valence-corrected chi connectivity index (χ2v) is 8.45. The Balaban J connectivity index is 1.37. The molecule has 0 aliphatic heterocycles. The molecule has 4 bridgehead atoms. The number of nitrogens with one attached hydrogen (secondary N) is 1. The van der Waals surface area contributed by atoms with Crippen LogP contribution < -0.4 is 11.1 Å². The smallest absolute Gasteiger partial charge is 0.273 e. The maximum atomic E-state index is 12.6. The van der Waals surface area contributed by atoms with Crippen LogP contribution in [0.3, 0.4) is 0 Å². The summed E-state index contributed by atoms with van der Waals surface area (Å²) in [5, 5.41) is 7.27. The van der Waals surface area contributed by atoms with Gasteiger partial charge in [0, 0.05) is 23.1 Å². The SMILES string of the molecule is NC12CC3CC(C1)CC(NC(=O)c1cc(C4CC4)on1)(C3)C2. The third kappa shape index (κ3) is 2.02. The first kappa shape index (κ1) is 13.1. The van der Waals surface area contributed by atoms with E-state index in [1.54, 1.807) is 0 Å². The largest absolute Gasteiger partial charge is 0.360 e. The van der Waals surface area contributed by atoms with Crippen LogP contribution in [0.5, 0.6) is 0 Å². The molecule has 2 unspecified atom stereocenters. The number of hydrogen-bond donors (Lipinski definition) is 2. The van der Waals surface area contributed by atoms with Crippen molar-refractivity contribution in [3.8, 4) is 0 Å². The summed E-state index contributed by atoms with van der Waals surface area (Å²) >= 11 is 0. The Morgan fingerprint density at radius 3 is 2.64 bits per heavy atom. The molecular formula is C17H23N3O2. The highest BCUT2D eigenvalue weighted by molar-refractivity contribution is 5.92. The molecule has 118 valence electrons. The van der Waals surface area contributed by atoms with Crippen molar-refractivity contribution >= 4 is 5.91 Å². The van der Waals surface area contributed by atoms with Gasteiger partial charge in [-0.2, -0.15) is 0 Å². The number of hydrogen-bond acceptors (Lipinski definition) is 4. The number of nitrogens with zero attached hydrogens (tertiary/aromatic N) is 1. The van der Waals surface area contributed by atoms with Crippen LogP contribution in [0.15, 0.2) is 10.6 Å². The molecule has 6 rings (SSSR count). The lowest BCUT2D eigenvalue weighted by molar-refractivity contribution is -0.0322. The average molecular weight is 301 g/mol. The zero-order valence-corrected chi connectivity index (χ0v) is 12.8. The van der Waals surface area contributed by atoms with Crippen LogP contribution in [-0.4, -0.2) is 22.1 Å². The summed E-state index contributed by atoms with van der Waals surface area (Å²) in [4.78, 5) is 12.6. The normalized spacial score (nSPS) is 42.6. The van der Waals surface area contributed by atoms with Crippen LogP contribution in [0.1, 0.15) is 73.5 Å². The van der Waals surface area contributed by atoms with Gasteiger partial charge in [-0.15, -0.1) is 0 Å². The second-order valence-electron chi connectivity index (χ2n) is 8.45. The van der Waals surface area contributed by atoms with Crippen molar-refractivity contribution < 1.29 is 9.32 Å². The van der Waals surface area contributed by atoms with Gasteiger partial charge in [0.2, 0.25) is 0 Å². The maximum Gasteiger partial charge on any atom is 0.273 e. The summed E-state index contributed by atoms with van der Waals surface area (Å²) in [6, 6.07) is 1.83. The Bertz CT molecular complexity index is 620. The molecule has 1 aromatic heterocycles. The van der Waals surface area contributed by atoms with E-state index in [4.69, 9.17) is 10.3 Å². The van der Waals surface area contributed by atoms with Gasteiger partial charge < -0.3 is 15.6 Å². The quantitative estimate of drug-likeness (QED) is 0.898. The lowest BCUT2D eigenvalue weighted by atomic mass is 9.50. The van der Waals surface area contributed by atoms with E-state index in [-0.39, 0.29) is 17.0 Å². The van der Waals surface area contributed by atoms with Crippen molar-refractivity contribution in [3.05, 3.63) is 17.5 Å². The van der Waals surface area contributed by atoms with E-state index in [2.05, 4.69) is 10.5 Å². The molecule has 5 heteroatoms. The fourth-order valence-corrected chi connectivity index (χ4v) is 5.74. The molecule has 0 saturated heterocycles. The van der Waals surface area contributed by atoms with E-state index in [9.17, 15) is 4.79 Å². The van der Waals surface area contributed by atoms with Gasteiger partial charge in [-0.3, -0.25) is 4.79 Å². The molecular weight excluding hydrogens is 278 g/mol. The molecule has 5 nitrogen and oxygen atoms in total. The first-order chi connectivity index (χ1) is 10.5. The van der Waals surface area contributed by atoms with E-state index in [0.717, 1.165) is 50.7 Å². The van der Waals surface area contributed by atoms with E-state index in [0.29, 0.717) is 23.4 Å². The Hall–Kier alpha value is -1.36. The number of rotatable bonds is 3. The third-order valence-corrected chi connectivity index (χ3v) is 6.23. The fraction of sp³-hybridized carbons (Fsp3) is 0.765. The Kier molecular flexibility index (Phi) is 2.46. The first-order valence-corrected chi connectivity index (χ1v) is 8.61. The van der Waals surface area contributed by atoms with Crippen LogP contribution >= 0.6 is 0 Å². The van der Waals surface area contributed by atoms with Crippen LogP contribution in [-0.2, 0) is 0 Å². The predicted molar refractivity (Wildman–Crippen MR) is 80.3 cm³/mol. The summed E-state index contributed by atoms with van der Waals surface area (Å²) in [7, 11) is 0. The molecule has 1 amide bonds. The number of amides is 1.